The summed E-state index contributed by atoms with van der Waals surface area (Å²) in [7, 11) is 0. The van der Waals surface area contributed by atoms with Crippen molar-refractivity contribution in [2.45, 2.75) is 24.9 Å². The van der Waals surface area contributed by atoms with E-state index in [1.54, 1.807) is 0 Å². The number of aromatic nitrogens is 3. The molecule has 1 aromatic heterocycles. The molecule has 1 unspecified atom stereocenters. The number of halogens is 8. The predicted octanol–water partition coefficient (Wildman–Crippen LogP) is 2.53. The van der Waals surface area contributed by atoms with Crippen molar-refractivity contribution in [3.05, 3.63) is 29.5 Å². The van der Waals surface area contributed by atoms with E-state index in [1.165, 1.54) is 18.2 Å². The summed E-state index contributed by atoms with van der Waals surface area (Å²) in [4.78, 5) is 9.52. The quantitative estimate of drug-likeness (QED) is 0.362. The Hall–Kier alpha value is -3.05. The van der Waals surface area contributed by atoms with Crippen LogP contribution < -0.4 is 20.0 Å². The first-order chi connectivity index (χ1) is 14.3. The van der Waals surface area contributed by atoms with Crippen LogP contribution in [0, 0.1) is 5.21 Å². The number of quaternary nitrogens is 1. The largest absolute Gasteiger partial charge is 0.595 e. The van der Waals surface area contributed by atoms with Gasteiger partial charge in [0, 0.05) is 17.8 Å². The van der Waals surface area contributed by atoms with Crippen molar-refractivity contribution in [2.75, 3.05) is 11.9 Å². The number of hydrogen-bond acceptors (Lipinski definition) is 8. The SMILES string of the molecule is [O-][NH+](O)c1cccc(Nc2nc(OCC(F)(F)C(F)F)nc(OC(F)(F)C(F)F)n2)c1. The molecule has 0 aliphatic heterocycles. The monoisotopic (exact) mass is 465 g/mol. The van der Waals surface area contributed by atoms with Crippen LogP contribution in [0.25, 0.3) is 0 Å². The maximum absolute atomic E-state index is 13.1. The first-order valence-electron chi connectivity index (χ1n) is 7.80. The van der Waals surface area contributed by atoms with E-state index in [0.29, 0.717) is 0 Å². The normalized spacial score (nSPS) is 13.4. The molecule has 0 radical (unpaired) electrons. The minimum absolute atomic E-state index is 0.0680. The Morgan fingerprint density at radius 3 is 2.26 bits per heavy atom. The van der Waals surface area contributed by atoms with Crippen LogP contribution in [0.4, 0.5) is 52.4 Å². The van der Waals surface area contributed by atoms with Crippen LogP contribution in [0.5, 0.6) is 12.0 Å². The van der Waals surface area contributed by atoms with Crippen molar-refractivity contribution in [1.82, 2.24) is 15.0 Å². The van der Waals surface area contributed by atoms with Gasteiger partial charge in [0.2, 0.25) is 5.95 Å². The first kappa shape index (κ1) is 24.2. The number of anilines is 2. The number of benzene rings is 1. The molecule has 0 spiro atoms. The molecule has 17 heteroatoms. The molecule has 0 aliphatic carbocycles. The summed E-state index contributed by atoms with van der Waals surface area (Å²) in [5, 5.41) is 20.8. The minimum Gasteiger partial charge on any atom is -0.595 e. The van der Waals surface area contributed by atoms with E-state index < -0.39 is 54.7 Å². The molecule has 1 atom stereocenters. The smallest absolute Gasteiger partial charge is 0.463 e. The summed E-state index contributed by atoms with van der Waals surface area (Å²) in [6.45, 7) is -1.99. The molecule has 1 aromatic carbocycles. The summed E-state index contributed by atoms with van der Waals surface area (Å²) in [5.74, 6) is -5.47. The molecule has 0 saturated heterocycles. The van der Waals surface area contributed by atoms with Crippen molar-refractivity contribution in [3.8, 4) is 12.0 Å². The minimum atomic E-state index is -5.11. The van der Waals surface area contributed by atoms with Gasteiger partial charge in [-0.15, -0.1) is 4.98 Å². The van der Waals surface area contributed by atoms with Gasteiger partial charge in [0.25, 0.3) is 0 Å². The molecule has 31 heavy (non-hydrogen) atoms. The second kappa shape index (κ2) is 9.40. The Balaban J connectivity index is 2.35. The van der Waals surface area contributed by atoms with Crippen LogP contribution in [0.3, 0.4) is 0 Å². The van der Waals surface area contributed by atoms with Gasteiger partial charge < -0.3 is 20.0 Å². The summed E-state index contributed by atoms with van der Waals surface area (Å²) >= 11 is 0. The van der Waals surface area contributed by atoms with Gasteiger partial charge in [0.05, 0.1) is 0 Å². The van der Waals surface area contributed by atoms with Crippen molar-refractivity contribution >= 4 is 17.3 Å². The summed E-state index contributed by atoms with van der Waals surface area (Å²) in [6, 6.07) is 1.93. The number of alkyl halides is 8. The lowest BCUT2D eigenvalue weighted by atomic mass is 10.3. The predicted molar refractivity (Wildman–Crippen MR) is 83.4 cm³/mol. The second-order valence-corrected chi connectivity index (χ2v) is 5.55. The molecular formula is C14H11F8N5O4. The van der Waals surface area contributed by atoms with E-state index in [1.807, 2.05) is 0 Å². The Bertz CT molecular complexity index is 890. The van der Waals surface area contributed by atoms with Crippen LogP contribution in [0.2, 0.25) is 0 Å². The third kappa shape index (κ3) is 6.72. The lowest BCUT2D eigenvalue weighted by Crippen LogP contribution is -2.99. The van der Waals surface area contributed by atoms with Crippen molar-refractivity contribution in [1.29, 1.82) is 0 Å². The zero-order valence-corrected chi connectivity index (χ0v) is 14.7. The van der Waals surface area contributed by atoms with Gasteiger partial charge in [-0.3, -0.25) is 0 Å². The van der Waals surface area contributed by atoms with Crippen molar-refractivity contribution < 1.29 is 55.0 Å². The van der Waals surface area contributed by atoms with Crippen LogP contribution in [0.15, 0.2) is 24.3 Å². The van der Waals surface area contributed by atoms with E-state index in [9.17, 15) is 40.3 Å². The fourth-order valence-corrected chi connectivity index (χ4v) is 1.75. The molecule has 0 amide bonds. The van der Waals surface area contributed by atoms with Crippen LogP contribution in [-0.4, -0.2) is 51.6 Å². The number of nitrogens with one attached hydrogen (secondary N) is 2. The Morgan fingerprint density at radius 2 is 1.68 bits per heavy atom. The lowest BCUT2D eigenvalue weighted by molar-refractivity contribution is -0.991. The topological polar surface area (TPSA) is 117 Å². The molecule has 172 valence electrons. The number of hydrogen-bond donors (Lipinski definition) is 3. The Morgan fingerprint density at radius 1 is 1.03 bits per heavy atom. The zero-order valence-electron chi connectivity index (χ0n) is 14.7. The van der Waals surface area contributed by atoms with Crippen LogP contribution >= 0.6 is 0 Å². The Kier molecular flexibility index (Phi) is 7.34. The molecule has 9 nitrogen and oxygen atoms in total. The van der Waals surface area contributed by atoms with E-state index >= 15 is 0 Å². The fraction of sp³-hybridized carbons (Fsp3) is 0.357. The highest BCUT2D eigenvalue weighted by molar-refractivity contribution is 5.57. The average Bonchev–Trinajstić information content (AvgIpc) is 2.66. The van der Waals surface area contributed by atoms with Gasteiger partial charge in [-0.1, -0.05) is 6.07 Å². The molecule has 2 rings (SSSR count). The summed E-state index contributed by atoms with van der Waals surface area (Å²) in [5.41, 5.74) is -0.311. The lowest BCUT2D eigenvalue weighted by Gasteiger charge is -2.18. The number of rotatable bonds is 10. The van der Waals surface area contributed by atoms with Gasteiger partial charge in [-0.25, -0.2) is 14.0 Å². The summed E-state index contributed by atoms with van der Waals surface area (Å²) in [6.07, 6.45) is -13.6. The highest BCUT2D eigenvalue weighted by Gasteiger charge is 2.45. The second-order valence-electron chi connectivity index (χ2n) is 5.55. The van der Waals surface area contributed by atoms with Gasteiger partial charge in [0.15, 0.2) is 12.3 Å². The van der Waals surface area contributed by atoms with E-state index in [4.69, 9.17) is 5.21 Å². The average molecular weight is 465 g/mol. The number of nitrogens with zero attached hydrogens (tertiary/aromatic N) is 3. The molecule has 1 heterocycles. The zero-order chi connectivity index (χ0) is 23.4. The number of ether oxygens (including phenoxy) is 2. The molecule has 2 aromatic rings. The highest BCUT2D eigenvalue weighted by atomic mass is 19.3. The van der Waals surface area contributed by atoms with E-state index in [-0.39, 0.29) is 11.4 Å². The fourth-order valence-electron chi connectivity index (χ4n) is 1.75. The van der Waals surface area contributed by atoms with Crippen molar-refractivity contribution in [2.24, 2.45) is 0 Å². The van der Waals surface area contributed by atoms with Crippen molar-refractivity contribution in [3.63, 3.8) is 0 Å². The third-order valence-electron chi connectivity index (χ3n) is 3.15. The van der Waals surface area contributed by atoms with Gasteiger partial charge in [0.1, 0.15) is 0 Å². The molecular weight excluding hydrogens is 454 g/mol. The molecule has 0 saturated carbocycles. The summed E-state index contributed by atoms with van der Waals surface area (Å²) < 4.78 is 109. The maximum Gasteiger partial charge on any atom is 0.463 e. The van der Waals surface area contributed by atoms with Gasteiger partial charge in [-0.05, 0) is 6.07 Å². The maximum atomic E-state index is 13.1. The third-order valence-corrected chi connectivity index (χ3v) is 3.15. The molecule has 0 bridgehead atoms. The highest BCUT2D eigenvalue weighted by Crippen LogP contribution is 2.28. The first-order valence-corrected chi connectivity index (χ1v) is 7.80. The van der Waals surface area contributed by atoms with E-state index in [2.05, 4.69) is 29.7 Å². The molecule has 0 aliphatic rings. The molecule has 3 N–H and O–H groups in total. The van der Waals surface area contributed by atoms with E-state index in [0.717, 1.165) is 6.07 Å². The van der Waals surface area contributed by atoms with Gasteiger partial charge >= 0.3 is 36.9 Å². The van der Waals surface area contributed by atoms with Crippen LogP contribution in [0.1, 0.15) is 0 Å². The van der Waals surface area contributed by atoms with Crippen LogP contribution in [-0.2, 0) is 0 Å². The van der Waals surface area contributed by atoms with Gasteiger partial charge in [-0.2, -0.15) is 41.5 Å². The molecule has 0 fully saturated rings. The Labute approximate surface area is 166 Å². The standard InChI is InChI=1S/C14H11F8N5O4/c15-8(16)13(19,20)5-30-11-24-10(23-6-2-1-3-7(4-6)27(28)29)25-12(26-11)31-14(21,22)9(17)18/h1-4,8-9,27-28H,5H2,(H,23,24,25,26).